The van der Waals surface area contributed by atoms with E-state index in [1.807, 2.05) is 6.92 Å². The van der Waals surface area contributed by atoms with Crippen molar-refractivity contribution in [3.05, 3.63) is 75.3 Å². The molecule has 0 unspecified atom stereocenters. The Bertz CT molecular complexity index is 1590. The Hall–Kier alpha value is -4.51. The van der Waals surface area contributed by atoms with Crippen LogP contribution in [0, 0.1) is 23.7 Å². The molecule has 1 aromatic heterocycles. The number of aromatic nitrogens is 1. The van der Waals surface area contributed by atoms with Crippen molar-refractivity contribution in [2.45, 2.75) is 52.2 Å². The van der Waals surface area contributed by atoms with Gasteiger partial charge in [0.1, 0.15) is 22.8 Å². The number of phenols is 1. The van der Waals surface area contributed by atoms with Crippen molar-refractivity contribution in [1.29, 1.82) is 0 Å². The second kappa shape index (κ2) is 10.4. The van der Waals surface area contributed by atoms with Crippen LogP contribution >= 0.6 is 0 Å². The van der Waals surface area contributed by atoms with Crippen LogP contribution in [0.4, 0.5) is 0 Å². The minimum atomic E-state index is -2.66. The van der Waals surface area contributed by atoms with Gasteiger partial charge in [-0.2, -0.15) is 0 Å². The third-order valence-corrected chi connectivity index (χ3v) is 8.88. The second-order valence-corrected chi connectivity index (χ2v) is 11.5. The Labute approximate surface area is 241 Å². The first-order valence-corrected chi connectivity index (χ1v) is 13.9. The number of Topliss-reactive ketones (excluding diaryl/α,β-unsaturated/α-hetero) is 2. The first-order chi connectivity index (χ1) is 19.8. The fourth-order valence-corrected chi connectivity index (χ4v) is 6.92. The van der Waals surface area contributed by atoms with E-state index in [9.17, 15) is 39.6 Å². The molecular formula is C31H33N3O8. The molecule has 2 aromatic rings. The number of aromatic hydroxyl groups is 1. The van der Waals surface area contributed by atoms with Crippen molar-refractivity contribution in [1.82, 2.24) is 10.3 Å². The summed E-state index contributed by atoms with van der Waals surface area (Å²) < 4.78 is 0. The first kappa shape index (κ1) is 29.0. The zero-order valence-corrected chi connectivity index (χ0v) is 23.5. The minimum absolute atomic E-state index is 0.00696. The molecule has 1 fully saturated rings. The van der Waals surface area contributed by atoms with E-state index in [4.69, 9.17) is 5.73 Å². The smallest absolute Gasteiger partial charge is 0.255 e. The van der Waals surface area contributed by atoms with Crippen LogP contribution in [0.25, 0.3) is 5.76 Å². The SMILES string of the molecule is CCc1cc(CNC(=O)c2cccnc2)c(O)c2c1C[C@H]1C[C@H]3[C@H](C(C)C)C(=O)C(C(N)=O)=C(O)[C@@]3(O)C(=O)C1=C2O. The third kappa shape index (κ3) is 4.18. The summed E-state index contributed by atoms with van der Waals surface area (Å²) in [4.78, 5) is 56.0. The molecule has 4 atom stereocenters. The molecule has 0 radical (unpaired) electrons. The fraction of sp³-hybridized carbons (Fsp3) is 0.387. The minimum Gasteiger partial charge on any atom is -0.508 e. The summed E-state index contributed by atoms with van der Waals surface area (Å²) >= 11 is 0. The zero-order chi connectivity index (χ0) is 30.7. The molecule has 1 heterocycles. The van der Waals surface area contributed by atoms with Crippen molar-refractivity contribution < 1.29 is 39.6 Å². The normalized spacial score (nSPS) is 25.2. The number of aryl methyl sites for hydroxylation is 1. The van der Waals surface area contributed by atoms with Gasteiger partial charge in [0.2, 0.25) is 5.78 Å². The molecule has 42 heavy (non-hydrogen) atoms. The number of rotatable bonds is 6. The molecule has 7 N–H and O–H groups in total. The van der Waals surface area contributed by atoms with E-state index >= 15 is 0 Å². The van der Waals surface area contributed by atoms with Gasteiger partial charge in [-0.25, -0.2) is 0 Å². The number of phenolic OH excluding ortho intramolecular Hbond substituents is 1. The van der Waals surface area contributed by atoms with E-state index < -0.39 is 69.7 Å². The van der Waals surface area contributed by atoms with Crippen molar-refractivity contribution in [2.24, 2.45) is 29.4 Å². The number of aliphatic hydroxyl groups is 3. The summed E-state index contributed by atoms with van der Waals surface area (Å²) in [6.45, 7) is 5.24. The van der Waals surface area contributed by atoms with Crippen LogP contribution in [0.2, 0.25) is 0 Å². The summed E-state index contributed by atoms with van der Waals surface area (Å²) in [5.74, 6) is -8.54. The number of hydrogen-bond acceptors (Lipinski definition) is 9. The maximum absolute atomic E-state index is 14.0. The number of nitrogens with two attached hydrogens (primary N) is 1. The van der Waals surface area contributed by atoms with Gasteiger partial charge >= 0.3 is 0 Å². The largest absolute Gasteiger partial charge is 0.508 e. The van der Waals surface area contributed by atoms with E-state index in [0.29, 0.717) is 23.1 Å². The summed E-state index contributed by atoms with van der Waals surface area (Å²) in [5.41, 5.74) is 3.72. The quantitative estimate of drug-likeness (QED) is 0.279. The van der Waals surface area contributed by atoms with Gasteiger partial charge in [0.25, 0.3) is 11.8 Å². The van der Waals surface area contributed by atoms with Crippen molar-refractivity contribution in [3.8, 4) is 5.75 Å². The number of pyridine rings is 1. The number of aliphatic hydroxyl groups excluding tert-OH is 2. The molecule has 0 bridgehead atoms. The maximum atomic E-state index is 14.0. The molecule has 220 valence electrons. The van der Waals surface area contributed by atoms with E-state index in [1.165, 1.54) is 12.4 Å². The Morgan fingerprint density at radius 2 is 1.90 bits per heavy atom. The molecule has 2 amide bonds. The second-order valence-electron chi connectivity index (χ2n) is 11.5. The summed E-state index contributed by atoms with van der Waals surface area (Å²) in [7, 11) is 0. The van der Waals surface area contributed by atoms with Crippen LogP contribution in [0.3, 0.4) is 0 Å². The number of primary amides is 1. The summed E-state index contributed by atoms with van der Waals surface area (Å²) in [6.07, 6.45) is 3.73. The van der Waals surface area contributed by atoms with Gasteiger partial charge in [-0.05, 0) is 54.4 Å². The Balaban J connectivity index is 1.62. The highest BCUT2D eigenvalue weighted by Gasteiger charge is 2.64. The molecule has 1 saturated carbocycles. The van der Waals surface area contributed by atoms with Gasteiger partial charge in [0.15, 0.2) is 11.4 Å². The average Bonchev–Trinajstić information content (AvgIpc) is 2.94. The van der Waals surface area contributed by atoms with Crippen LogP contribution in [0.15, 0.2) is 47.5 Å². The molecule has 1 aromatic carbocycles. The lowest BCUT2D eigenvalue weighted by molar-refractivity contribution is -0.155. The van der Waals surface area contributed by atoms with Gasteiger partial charge in [-0.1, -0.05) is 26.8 Å². The van der Waals surface area contributed by atoms with Crippen LogP contribution in [0.5, 0.6) is 5.75 Å². The Morgan fingerprint density at radius 3 is 2.50 bits per heavy atom. The number of amides is 2. The summed E-state index contributed by atoms with van der Waals surface area (Å²) in [5, 5.41) is 48.3. The molecule has 3 aliphatic carbocycles. The molecule has 0 saturated heterocycles. The Kier molecular flexibility index (Phi) is 7.18. The molecule has 11 heteroatoms. The summed E-state index contributed by atoms with van der Waals surface area (Å²) in [6, 6.07) is 4.95. The lowest BCUT2D eigenvalue weighted by Crippen LogP contribution is -2.62. The van der Waals surface area contributed by atoms with Crippen LogP contribution in [-0.2, 0) is 33.8 Å². The highest BCUT2D eigenvalue weighted by molar-refractivity contribution is 6.23. The number of carbonyl (C=O) groups excluding carboxylic acids is 4. The molecule has 0 aliphatic heterocycles. The number of hydrogen-bond donors (Lipinski definition) is 6. The lowest BCUT2D eigenvalue weighted by atomic mass is 9.54. The molecular weight excluding hydrogens is 542 g/mol. The van der Waals surface area contributed by atoms with Gasteiger partial charge in [0.05, 0.1) is 11.1 Å². The van der Waals surface area contributed by atoms with Crippen LogP contribution in [0.1, 0.15) is 59.8 Å². The highest BCUT2D eigenvalue weighted by atomic mass is 16.3. The number of ketones is 2. The number of nitrogens with one attached hydrogen (secondary N) is 1. The number of nitrogens with zero attached hydrogens (tertiary/aromatic N) is 1. The first-order valence-electron chi connectivity index (χ1n) is 13.9. The van der Waals surface area contributed by atoms with Gasteiger partial charge in [0, 0.05) is 41.9 Å². The lowest BCUT2D eigenvalue weighted by Gasteiger charge is -2.50. The van der Waals surface area contributed by atoms with Crippen LogP contribution < -0.4 is 11.1 Å². The number of carbonyl (C=O) groups is 4. The predicted molar refractivity (Wildman–Crippen MR) is 150 cm³/mol. The monoisotopic (exact) mass is 575 g/mol. The van der Waals surface area contributed by atoms with Gasteiger partial charge in [-0.15, -0.1) is 0 Å². The zero-order valence-electron chi connectivity index (χ0n) is 23.5. The predicted octanol–water partition coefficient (Wildman–Crippen LogP) is 2.19. The van der Waals surface area contributed by atoms with E-state index in [-0.39, 0.29) is 36.3 Å². The van der Waals surface area contributed by atoms with Gasteiger partial charge in [-0.3, -0.25) is 24.2 Å². The number of fused-ring (bicyclic) bond motifs is 3. The molecule has 0 spiro atoms. The fourth-order valence-electron chi connectivity index (χ4n) is 6.92. The van der Waals surface area contributed by atoms with Gasteiger partial charge < -0.3 is 31.5 Å². The maximum Gasteiger partial charge on any atom is 0.255 e. The third-order valence-electron chi connectivity index (χ3n) is 8.88. The van der Waals surface area contributed by atoms with E-state index in [0.717, 1.165) is 5.56 Å². The Morgan fingerprint density at radius 1 is 1.19 bits per heavy atom. The van der Waals surface area contributed by atoms with Crippen molar-refractivity contribution in [2.75, 3.05) is 0 Å². The number of benzene rings is 1. The van der Waals surface area contributed by atoms with Crippen LogP contribution in [-0.4, -0.2) is 54.4 Å². The van der Waals surface area contributed by atoms with E-state index in [2.05, 4.69) is 10.3 Å². The average molecular weight is 576 g/mol. The molecule has 3 aliphatic rings. The molecule has 5 rings (SSSR count). The topological polar surface area (TPSA) is 200 Å². The molecule has 11 nitrogen and oxygen atoms in total. The highest BCUT2D eigenvalue weighted by Crippen LogP contribution is 2.55. The standard InChI is InChI=1S/C31H33N3O8/c1-4-14-8-17(12-34-30(41)15-6-5-7-33-11-15)24(35)22-18(14)9-16-10-19-20(13(2)3)25(36)23(29(32)40)28(39)31(19,42)27(38)21(16)26(22)37/h5-8,11,13,16,19-20,35,37,39,42H,4,9-10,12H2,1-3H3,(H2,32,40)(H,34,41)/t16-,19-,20-,31-/m0/s1. The van der Waals surface area contributed by atoms with Crippen molar-refractivity contribution >= 4 is 29.1 Å². The van der Waals surface area contributed by atoms with E-state index in [1.54, 1.807) is 32.0 Å². The van der Waals surface area contributed by atoms with Crippen molar-refractivity contribution in [3.63, 3.8) is 0 Å².